The van der Waals surface area contributed by atoms with Crippen LogP contribution in [0.2, 0.25) is 0 Å². The number of allylic oxidation sites excluding steroid dienone is 2. The van der Waals surface area contributed by atoms with Crippen molar-refractivity contribution in [2.24, 2.45) is 4.99 Å². The largest absolute Gasteiger partial charge is 0.310 e. The molecule has 0 saturated heterocycles. The summed E-state index contributed by atoms with van der Waals surface area (Å²) in [4.78, 5) is 18.5. The molecule has 1 unspecified atom stereocenters. The van der Waals surface area contributed by atoms with Crippen LogP contribution in [-0.4, -0.2) is 9.97 Å². The highest BCUT2D eigenvalue weighted by Crippen LogP contribution is 2.47. The molecule has 0 fully saturated rings. The van der Waals surface area contributed by atoms with Gasteiger partial charge in [0.1, 0.15) is 0 Å². The van der Waals surface area contributed by atoms with Gasteiger partial charge < -0.3 is 4.90 Å². The Balaban J connectivity index is 1.29. The van der Waals surface area contributed by atoms with E-state index in [0.29, 0.717) is 0 Å². The van der Waals surface area contributed by atoms with Crippen molar-refractivity contribution in [3.05, 3.63) is 179 Å². The lowest BCUT2D eigenvalue weighted by Crippen LogP contribution is -2.19. The normalized spacial score (nSPS) is 14.3. The molecule has 1 aliphatic heterocycles. The molecule has 48 heavy (non-hydrogen) atoms. The van der Waals surface area contributed by atoms with E-state index >= 15 is 0 Å². The molecule has 0 spiro atoms. The van der Waals surface area contributed by atoms with E-state index in [4.69, 9.17) is 15.0 Å². The maximum atomic E-state index is 5.58. The van der Waals surface area contributed by atoms with Crippen LogP contribution in [-0.2, 0) is 0 Å². The third kappa shape index (κ3) is 3.99. The first-order valence-corrected chi connectivity index (χ1v) is 16.3. The monoisotopic (exact) mass is 612 g/mol. The number of para-hydroxylation sites is 2. The van der Waals surface area contributed by atoms with Crippen LogP contribution < -0.4 is 15.5 Å². The van der Waals surface area contributed by atoms with Crippen LogP contribution >= 0.6 is 0 Å². The van der Waals surface area contributed by atoms with Crippen LogP contribution in [0.25, 0.3) is 50.0 Å². The van der Waals surface area contributed by atoms with Crippen molar-refractivity contribution in [2.45, 2.75) is 5.92 Å². The van der Waals surface area contributed by atoms with E-state index in [0.717, 1.165) is 66.7 Å². The predicted octanol–water partition coefficient (Wildman–Crippen LogP) is 9.82. The number of benzene rings is 7. The predicted molar refractivity (Wildman–Crippen MR) is 197 cm³/mol. The third-order valence-corrected chi connectivity index (χ3v) is 9.65. The fraction of sp³-hybridized carbons (Fsp3) is 0.0227. The molecule has 0 saturated carbocycles. The Labute approximate surface area is 277 Å². The van der Waals surface area contributed by atoms with Gasteiger partial charge in [0, 0.05) is 33.8 Å². The minimum Gasteiger partial charge on any atom is -0.310 e. The van der Waals surface area contributed by atoms with E-state index in [1.165, 1.54) is 21.7 Å². The Morgan fingerprint density at radius 2 is 1.21 bits per heavy atom. The summed E-state index contributed by atoms with van der Waals surface area (Å²) in [7, 11) is 0. The lowest BCUT2D eigenvalue weighted by molar-refractivity contribution is 1.02. The number of anilines is 3. The smallest absolute Gasteiger partial charge is 0.0996 e. The van der Waals surface area contributed by atoms with E-state index in [-0.39, 0.29) is 5.92 Å². The Morgan fingerprint density at radius 1 is 0.521 bits per heavy atom. The number of fused-ring (bicyclic) bond motifs is 11. The van der Waals surface area contributed by atoms with Gasteiger partial charge in [0.25, 0.3) is 0 Å². The highest BCUT2D eigenvalue weighted by Gasteiger charge is 2.28. The van der Waals surface area contributed by atoms with E-state index < -0.39 is 0 Å². The zero-order valence-corrected chi connectivity index (χ0v) is 26.0. The number of nitrogens with zero attached hydrogens (tertiary/aromatic N) is 4. The van der Waals surface area contributed by atoms with E-state index in [1.54, 1.807) is 0 Å². The van der Waals surface area contributed by atoms with Crippen molar-refractivity contribution in [2.75, 3.05) is 4.90 Å². The maximum absolute atomic E-state index is 5.58. The lowest BCUT2D eigenvalue weighted by atomic mass is 9.84. The SMILES string of the molecule is C1=CC(c2ccccc2)c2c(c3ccccc3c3nc4c5c(ccc4nc23)=Nc2cccc(N(c3ccccc3)c3ccccc3)c2-5)=C1. The van der Waals surface area contributed by atoms with Gasteiger partial charge in [-0.15, -0.1) is 0 Å². The van der Waals surface area contributed by atoms with Crippen LogP contribution in [0.5, 0.6) is 0 Å². The van der Waals surface area contributed by atoms with Crippen LogP contribution in [0, 0.1) is 0 Å². The summed E-state index contributed by atoms with van der Waals surface area (Å²) in [5, 5.41) is 4.43. The van der Waals surface area contributed by atoms with Gasteiger partial charge in [-0.25, -0.2) is 15.0 Å². The second kappa shape index (κ2) is 10.6. The van der Waals surface area contributed by atoms with Crippen molar-refractivity contribution >= 4 is 61.7 Å². The Hall–Kier alpha value is -6.39. The van der Waals surface area contributed by atoms with Gasteiger partial charge in [0.05, 0.1) is 38.8 Å². The van der Waals surface area contributed by atoms with Crippen LogP contribution in [0.4, 0.5) is 22.7 Å². The van der Waals surface area contributed by atoms with Crippen molar-refractivity contribution in [1.82, 2.24) is 9.97 Å². The lowest BCUT2D eigenvalue weighted by Gasteiger charge is -2.27. The molecular formula is C44H28N4. The average Bonchev–Trinajstić information content (AvgIpc) is 3.55. The summed E-state index contributed by atoms with van der Waals surface area (Å²) in [6.07, 6.45) is 6.70. The zero-order valence-electron chi connectivity index (χ0n) is 26.0. The molecule has 10 rings (SSSR count). The molecule has 8 aromatic rings. The topological polar surface area (TPSA) is 41.4 Å². The molecule has 4 nitrogen and oxygen atoms in total. The maximum Gasteiger partial charge on any atom is 0.0996 e. The Bertz CT molecular complexity index is 2680. The first-order chi connectivity index (χ1) is 23.8. The number of hydrogen-bond donors (Lipinski definition) is 0. The Morgan fingerprint density at radius 3 is 1.96 bits per heavy atom. The van der Waals surface area contributed by atoms with Crippen molar-refractivity contribution in [3.63, 3.8) is 0 Å². The number of hydrogen-bond acceptors (Lipinski definition) is 4. The zero-order chi connectivity index (χ0) is 31.6. The molecule has 1 atom stereocenters. The van der Waals surface area contributed by atoms with E-state index in [2.05, 4.69) is 169 Å². The molecule has 0 bridgehead atoms. The fourth-order valence-electron chi connectivity index (χ4n) is 7.59. The first kappa shape index (κ1) is 26.8. The van der Waals surface area contributed by atoms with Gasteiger partial charge in [-0.3, -0.25) is 0 Å². The summed E-state index contributed by atoms with van der Waals surface area (Å²) in [5.41, 5.74) is 12.3. The molecule has 1 aliphatic carbocycles. The molecule has 0 radical (unpaired) electrons. The number of aromatic nitrogens is 2. The second-order valence-corrected chi connectivity index (χ2v) is 12.4. The van der Waals surface area contributed by atoms with Crippen molar-refractivity contribution in [1.29, 1.82) is 0 Å². The van der Waals surface area contributed by atoms with Gasteiger partial charge in [-0.2, -0.15) is 0 Å². The van der Waals surface area contributed by atoms with Gasteiger partial charge in [0.2, 0.25) is 0 Å². The highest BCUT2D eigenvalue weighted by molar-refractivity contribution is 6.11. The van der Waals surface area contributed by atoms with Crippen LogP contribution in [0.1, 0.15) is 17.0 Å². The average molecular weight is 613 g/mol. The molecular weight excluding hydrogens is 585 g/mol. The van der Waals surface area contributed by atoms with E-state index in [9.17, 15) is 0 Å². The summed E-state index contributed by atoms with van der Waals surface area (Å²) in [5.74, 6) is 0.0760. The van der Waals surface area contributed by atoms with E-state index in [1.807, 2.05) is 0 Å². The molecule has 0 amide bonds. The highest BCUT2D eigenvalue weighted by atomic mass is 15.1. The third-order valence-electron chi connectivity index (χ3n) is 9.65. The molecule has 0 N–H and O–H groups in total. The molecule has 224 valence electrons. The van der Waals surface area contributed by atoms with Gasteiger partial charge in [-0.05, 0) is 70.3 Å². The Kier molecular flexibility index (Phi) is 5.90. The molecule has 7 aromatic carbocycles. The second-order valence-electron chi connectivity index (χ2n) is 12.4. The van der Waals surface area contributed by atoms with Crippen LogP contribution in [0.3, 0.4) is 0 Å². The minimum atomic E-state index is 0.0760. The van der Waals surface area contributed by atoms with Crippen LogP contribution in [0.15, 0.2) is 163 Å². The van der Waals surface area contributed by atoms with Gasteiger partial charge >= 0.3 is 0 Å². The summed E-state index contributed by atoms with van der Waals surface area (Å²) in [6, 6.07) is 51.0. The summed E-state index contributed by atoms with van der Waals surface area (Å²) in [6.45, 7) is 0. The van der Waals surface area contributed by atoms with Gasteiger partial charge in [0.15, 0.2) is 0 Å². The summed E-state index contributed by atoms with van der Waals surface area (Å²) >= 11 is 0. The van der Waals surface area contributed by atoms with Crippen molar-refractivity contribution in [3.8, 4) is 11.1 Å². The quantitative estimate of drug-likeness (QED) is 0.147. The minimum absolute atomic E-state index is 0.0760. The standard InChI is InChI=1S/C44H28N4/c1-4-14-28(15-5-1)31-22-12-23-33-32-20-10-11-21-34(32)42-44(39(31)33)46-37-27-26-36-41(43(37)47-42)40-35(45-36)24-13-25-38(40)48(29-16-6-2-7-17-29)30-18-8-3-9-19-30/h1-27,31H. The number of rotatable bonds is 4. The van der Waals surface area contributed by atoms with Crippen molar-refractivity contribution < 1.29 is 0 Å². The molecule has 2 heterocycles. The molecule has 4 heteroatoms. The van der Waals surface area contributed by atoms with Gasteiger partial charge in [-0.1, -0.05) is 115 Å². The first-order valence-electron chi connectivity index (χ1n) is 16.3. The molecule has 2 aliphatic rings. The fourth-order valence-corrected chi connectivity index (χ4v) is 7.59. The molecule has 1 aromatic heterocycles. The summed E-state index contributed by atoms with van der Waals surface area (Å²) < 4.78 is 0.